The number of aldehydes is 1. The number of likely N-dealkylation sites (tertiary alicyclic amines) is 1. The Morgan fingerprint density at radius 3 is 2.55 bits per heavy atom. The average molecular weight is 526 g/mol. The first-order chi connectivity index (χ1) is 18.1. The molecule has 4 rings (SSSR count). The molecule has 11 nitrogen and oxygen atoms in total. The molecule has 0 bridgehead atoms. The van der Waals surface area contributed by atoms with E-state index in [2.05, 4.69) is 0 Å². The minimum atomic E-state index is -1.91. The van der Waals surface area contributed by atoms with Crippen molar-refractivity contribution >= 4 is 24.0 Å². The number of hydrogen-bond acceptors (Lipinski definition) is 7. The van der Waals surface area contributed by atoms with E-state index in [4.69, 9.17) is 9.47 Å². The highest BCUT2D eigenvalue weighted by Crippen LogP contribution is 2.50. The molecule has 2 aromatic carbocycles. The van der Waals surface area contributed by atoms with Gasteiger partial charge in [0.25, 0.3) is 0 Å². The second-order valence-corrected chi connectivity index (χ2v) is 9.78. The second kappa shape index (κ2) is 10.4. The Morgan fingerprint density at radius 2 is 1.97 bits per heavy atom. The minimum absolute atomic E-state index is 0.0218. The molecule has 0 spiro atoms. The molecule has 1 N–H and O–H groups in total. The monoisotopic (exact) mass is 525 g/mol. The molecular formula is C27H31N3O8. The fourth-order valence-electron chi connectivity index (χ4n) is 5.94. The number of piperidine rings is 1. The highest BCUT2D eigenvalue weighted by atomic mass is 16.6. The SMILES string of the molecule is COc1cc2c(cc1C(C=O)(CC1([N+](=O)[O-])CCCN(C(=O)O)C1c1ccccc1)OC)N(C)C(=O)CC2. The number of aryl methyl sites for hydroxylation is 1. The van der Waals surface area contributed by atoms with E-state index in [1.54, 1.807) is 49.5 Å². The Labute approximate surface area is 220 Å². The van der Waals surface area contributed by atoms with Crippen LogP contribution in [-0.4, -0.2) is 66.6 Å². The van der Waals surface area contributed by atoms with Crippen LogP contribution < -0.4 is 9.64 Å². The van der Waals surface area contributed by atoms with Crippen LogP contribution in [-0.2, 0) is 26.3 Å². The van der Waals surface area contributed by atoms with E-state index in [1.165, 1.54) is 19.1 Å². The lowest BCUT2D eigenvalue weighted by molar-refractivity contribution is -0.588. The summed E-state index contributed by atoms with van der Waals surface area (Å²) in [6.45, 7) is 0.112. The summed E-state index contributed by atoms with van der Waals surface area (Å²) < 4.78 is 11.4. The van der Waals surface area contributed by atoms with Gasteiger partial charge in [-0.25, -0.2) is 4.79 Å². The molecule has 0 radical (unpaired) electrons. The number of fused-ring (bicyclic) bond motifs is 1. The number of nitro groups is 1. The topological polar surface area (TPSA) is 140 Å². The van der Waals surface area contributed by atoms with Crippen LogP contribution in [0.25, 0.3) is 0 Å². The quantitative estimate of drug-likeness (QED) is 0.313. The molecule has 0 saturated carbocycles. The summed E-state index contributed by atoms with van der Waals surface area (Å²) in [4.78, 5) is 52.7. The van der Waals surface area contributed by atoms with Crippen LogP contribution in [0.3, 0.4) is 0 Å². The van der Waals surface area contributed by atoms with Gasteiger partial charge in [-0.1, -0.05) is 30.3 Å². The van der Waals surface area contributed by atoms with E-state index in [1.807, 2.05) is 0 Å². The number of carboxylic acid groups (broad SMARTS) is 1. The number of ether oxygens (including phenoxy) is 2. The van der Waals surface area contributed by atoms with Gasteiger partial charge in [-0.3, -0.25) is 24.6 Å². The van der Waals surface area contributed by atoms with Crippen molar-refractivity contribution in [3.63, 3.8) is 0 Å². The van der Waals surface area contributed by atoms with E-state index in [0.717, 1.165) is 10.5 Å². The summed E-state index contributed by atoms with van der Waals surface area (Å²) in [5.41, 5.74) is -1.69. The first-order valence-electron chi connectivity index (χ1n) is 12.3. The number of rotatable bonds is 8. The van der Waals surface area contributed by atoms with Crippen molar-refractivity contribution < 1.29 is 33.9 Å². The maximum atomic E-state index is 13.0. The molecule has 2 aromatic rings. The Hall–Kier alpha value is -3.99. The molecule has 38 heavy (non-hydrogen) atoms. The Balaban J connectivity index is 1.93. The molecule has 202 valence electrons. The Morgan fingerprint density at radius 1 is 1.26 bits per heavy atom. The average Bonchev–Trinajstić information content (AvgIpc) is 2.93. The summed E-state index contributed by atoms with van der Waals surface area (Å²) in [7, 11) is 4.34. The number of amides is 2. The van der Waals surface area contributed by atoms with Gasteiger partial charge in [-0.05, 0) is 36.1 Å². The van der Waals surface area contributed by atoms with Gasteiger partial charge in [0.15, 0.2) is 11.9 Å². The van der Waals surface area contributed by atoms with Crippen molar-refractivity contribution in [1.82, 2.24) is 4.90 Å². The fraction of sp³-hybridized carbons (Fsp3) is 0.444. The highest BCUT2D eigenvalue weighted by Gasteiger charge is 2.61. The molecule has 3 atom stereocenters. The van der Waals surface area contributed by atoms with E-state index in [-0.39, 0.29) is 30.9 Å². The van der Waals surface area contributed by atoms with Gasteiger partial charge in [0, 0.05) is 49.7 Å². The van der Waals surface area contributed by atoms with Crippen LogP contribution in [0.1, 0.15) is 48.4 Å². The Bertz CT molecular complexity index is 1250. The van der Waals surface area contributed by atoms with Crippen molar-refractivity contribution in [3.05, 3.63) is 69.3 Å². The van der Waals surface area contributed by atoms with Crippen molar-refractivity contribution in [2.24, 2.45) is 0 Å². The molecule has 2 aliphatic rings. The highest BCUT2D eigenvalue weighted by molar-refractivity contribution is 5.96. The largest absolute Gasteiger partial charge is 0.496 e. The van der Waals surface area contributed by atoms with Crippen LogP contribution in [0.2, 0.25) is 0 Å². The number of hydrogen-bond donors (Lipinski definition) is 1. The molecule has 2 heterocycles. The third-order valence-electron chi connectivity index (χ3n) is 7.88. The molecule has 1 saturated heterocycles. The summed E-state index contributed by atoms with van der Waals surface area (Å²) in [6, 6.07) is 10.6. The van der Waals surface area contributed by atoms with Gasteiger partial charge in [-0.2, -0.15) is 0 Å². The van der Waals surface area contributed by atoms with Gasteiger partial charge >= 0.3 is 6.09 Å². The van der Waals surface area contributed by atoms with E-state index < -0.39 is 34.6 Å². The van der Waals surface area contributed by atoms with E-state index in [9.17, 15) is 29.6 Å². The molecule has 2 aliphatic heterocycles. The lowest BCUT2D eigenvalue weighted by Crippen LogP contribution is -2.59. The van der Waals surface area contributed by atoms with Crippen molar-refractivity contribution in [3.8, 4) is 5.75 Å². The van der Waals surface area contributed by atoms with E-state index >= 15 is 0 Å². The molecule has 3 unspecified atom stereocenters. The third kappa shape index (κ3) is 4.36. The van der Waals surface area contributed by atoms with E-state index in [0.29, 0.717) is 36.1 Å². The van der Waals surface area contributed by atoms with Crippen molar-refractivity contribution in [2.45, 2.75) is 49.3 Å². The summed E-state index contributed by atoms with van der Waals surface area (Å²) in [5.74, 6) is 0.194. The zero-order valence-corrected chi connectivity index (χ0v) is 21.6. The number of methoxy groups -OCH3 is 2. The zero-order valence-electron chi connectivity index (χ0n) is 21.6. The molecule has 1 fully saturated rings. The summed E-state index contributed by atoms with van der Waals surface area (Å²) in [6.07, 6.45) is -0.174. The maximum Gasteiger partial charge on any atom is 0.408 e. The lowest BCUT2D eigenvalue weighted by Gasteiger charge is -2.46. The predicted octanol–water partition coefficient (Wildman–Crippen LogP) is 3.57. The second-order valence-electron chi connectivity index (χ2n) is 9.78. The zero-order chi connectivity index (χ0) is 27.7. The number of benzene rings is 2. The molecule has 2 amide bonds. The van der Waals surface area contributed by atoms with Gasteiger partial charge in [0.1, 0.15) is 11.8 Å². The normalized spacial score (nSPS) is 22.8. The van der Waals surface area contributed by atoms with Gasteiger partial charge in [-0.15, -0.1) is 0 Å². The smallest absolute Gasteiger partial charge is 0.408 e. The predicted molar refractivity (Wildman–Crippen MR) is 137 cm³/mol. The summed E-state index contributed by atoms with van der Waals surface area (Å²) >= 11 is 0. The van der Waals surface area contributed by atoms with Crippen LogP contribution >= 0.6 is 0 Å². The molecule has 0 aliphatic carbocycles. The molecule has 0 aromatic heterocycles. The van der Waals surface area contributed by atoms with Crippen molar-refractivity contribution in [1.29, 1.82) is 0 Å². The van der Waals surface area contributed by atoms with Gasteiger partial charge < -0.3 is 19.5 Å². The molecular weight excluding hydrogens is 494 g/mol. The summed E-state index contributed by atoms with van der Waals surface area (Å²) in [5, 5.41) is 23.0. The number of anilines is 1. The number of nitrogens with zero attached hydrogens (tertiary/aromatic N) is 3. The maximum absolute atomic E-state index is 13.0. The standard InChI is InChI=1S/C27H31N3O8/c1-28-21-15-20(22(37-2)14-19(21)10-11-23(28)32)27(17-31,38-3)16-26(30(35)36)12-7-13-29(25(33)34)24(26)18-8-5-4-6-9-18/h4-6,8-9,14-15,17,24H,7,10-13,16H2,1-3H3,(H,33,34). The first kappa shape index (κ1) is 27.1. The van der Waals surface area contributed by atoms with Crippen LogP contribution in [0.4, 0.5) is 10.5 Å². The van der Waals surface area contributed by atoms with Gasteiger partial charge in [0.2, 0.25) is 11.4 Å². The van der Waals surface area contributed by atoms with Gasteiger partial charge in [0.05, 0.1) is 13.5 Å². The van der Waals surface area contributed by atoms with Crippen LogP contribution in [0, 0.1) is 10.1 Å². The third-order valence-corrected chi connectivity index (χ3v) is 7.88. The number of carbonyl (C=O) groups is 3. The Kier molecular flexibility index (Phi) is 7.41. The lowest BCUT2D eigenvalue weighted by atomic mass is 9.70. The van der Waals surface area contributed by atoms with Crippen LogP contribution in [0.15, 0.2) is 42.5 Å². The molecule has 11 heteroatoms. The van der Waals surface area contributed by atoms with Crippen molar-refractivity contribution in [2.75, 3.05) is 32.7 Å². The first-order valence-corrected chi connectivity index (χ1v) is 12.3. The van der Waals surface area contributed by atoms with Crippen LogP contribution in [0.5, 0.6) is 5.75 Å². The fourth-order valence-corrected chi connectivity index (χ4v) is 5.94. The number of carbonyl (C=O) groups excluding carboxylic acids is 2. The minimum Gasteiger partial charge on any atom is -0.496 e.